The Labute approximate surface area is 110 Å². The third-order valence-electron chi connectivity index (χ3n) is 3.01. The molecule has 19 heavy (non-hydrogen) atoms. The van der Waals surface area contributed by atoms with Crippen LogP contribution in [-0.2, 0) is 14.8 Å². The molecule has 0 spiro atoms. The summed E-state index contributed by atoms with van der Waals surface area (Å²) in [4.78, 5) is 8.16. The van der Waals surface area contributed by atoms with Crippen LogP contribution in [0, 0.1) is 0 Å². The van der Waals surface area contributed by atoms with E-state index in [2.05, 4.69) is 14.7 Å². The largest absolute Gasteiger partial charge is 0.377 e. The summed E-state index contributed by atoms with van der Waals surface area (Å²) in [5.74, 6) is 0. The Morgan fingerprint density at radius 3 is 2.84 bits per heavy atom. The van der Waals surface area contributed by atoms with Gasteiger partial charge < -0.3 is 4.74 Å². The molecule has 2 heterocycles. The molecular weight excluding hydrogens is 266 g/mol. The highest BCUT2D eigenvalue weighted by molar-refractivity contribution is 7.89. The Kier molecular flexibility index (Phi) is 2.77. The Hall–Kier alpha value is -1.57. The first-order valence-corrected chi connectivity index (χ1v) is 7.28. The molecule has 0 unspecified atom stereocenters. The number of ether oxygens (including phenoxy) is 1. The van der Waals surface area contributed by atoms with Crippen LogP contribution in [0.3, 0.4) is 0 Å². The van der Waals surface area contributed by atoms with Crippen molar-refractivity contribution in [2.45, 2.75) is 17.4 Å². The number of nitrogens with one attached hydrogen (secondary N) is 1. The molecule has 1 aliphatic rings. The van der Waals surface area contributed by atoms with E-state index >= 15 is 0 Å². The second kappa shape index (κ2) is 4.22. The molecule has 1 N–H and O–H groups in total. The van der Waals surface area contributed by atoms with Gasteiger partial charge in [-0.15, -0.1) is 0 Å². The average Bonchev–Trinajstić information content (AvgIpc) is 2.36. The maximum absolute atomic E-state index is 12.3. The van der Waals surface area contributed by atoms with Crippen LogP contribution in [-0.4, -0.2) is 37.1 Å². The summed E-state index contributed by atoms with van der Waals surface area (Å²) in [6.45, 7) is 2.60. The molecule has 1 aromatic heterocycles. The Bertz CT molecular complexity index is 726. The maximum atomic E-state index is 12.3. The van der Waals surface area contributed by atoms with Gasteiger partial charge in [0.15, 0.2) is 0 Å². The Balaban J connectivity index is 1.98. The molecule has 0 atom stereocenters. The van der Waals surface area contributed by atoms with Gasteiger partial charge in [0, 0.05) is 11.6 Å². The van der Waals surface area contributed by atoms with Crippen molar-refractivity contribution in [1.82, 2.24) is 14.7 Å². The number of nitrogens with zero attached hydrogens (tertiary/aromatic N) is 2. The molecule has 1 aromatic carbocycles. The molecule has 0 bridgehead atoms. The first kappa shape index (κ1) is 12.5. The number of sulfonamides is 1. The minimum atomic E-state index is -3.56. The predicted octanol–water partition coefficient (Wildman–Crippen LogP) is 0.697. The van der Waals surface area contributed by atoms with Crippen LogP contribution in [0.4, 0.5) is 0 Å². The molecule has 100 valence electrons. The lowest BCUT2D eigenvalue weighted by molar-refractivity contribution is -0.0523. The van der Waals surface area contributed by atoms with Crippen molar-refractivity contribution in [2.75, 3.05) is 13.2 Å². The predicted molar refractivity (Wildman–Crippen MR) is 69.1 cm³/mol. The minimum Gasteiger partial charge on any atom is -0.377 e. The van der Waals surface area contributed by atoms with Crippen LogP contribution in [0.2, 0.25) is 0 Å². The lowest BCUT2D eigenvalue weighted by Gasteiger charge is -2.38. The van der Waals surface area contributed by atoms with Gasteiger partial charge in [0.1, 0.15) is 6.33 Å². The highest BCUT2D eigenvalue weighted by atomic mass is 32.2. The van der Waals surface area contributed by atoms with Crippen LogP contribution in [0.5, 0.6) is 0 Å². The van der Waals surface area contributed by atoms with Gasteiger partial charge in [-0.2, -0.15) is 0 Å². The van der Waals surface area contributed by atoms with E-state index in [1.165, 1.54) is 6.33 Å². The fourth-order valence-electron chi connectivity index (χ4n) is 1.98. The summed E-state index contributed by atoms with van der Waals surface area (Å²) in [5, 5.41) is 0.695. The van der Waals surface area contributed by atoms with Crippen LogP contribution in [0.15, 0.2) is 35.6 Å². The van der Waals surface area contributed by atoms with Crippen molar-refractivity contribution in [3.8, 4) is 0 Å². The van der Waals surface area contributed by atoms with E-state index in [-0.39, 0.29) is 4.90 Å². The normalized spacial score (nSPS) is 18.2. The molecule has 1 aliphatic heterocycles. The molecule has 2 aromatic rings. The van der Waals surface area contributed by atoms with Crippen molar-refractivity contribution in [2.24, 2.45) is 0 Å². The molecule has 0 radical (unpaired) electrons. The smallest absolute Gasteiger partial charge is 0.241 e. The number of fused-ring (bicyclic) bond motifs is 1. The monoisotopic (exact) mass is 279 g/mol. The number of aromatic nitrogens is 2. The second-order valence-corrected chi connectivity index (χ2v) is 6.58. The van der Waals surface area contributed by atoms with Gasteiger partial charge in [0.2, 0.25) is 10.0 Å². The van der Waals surface area contributed by atoms with Crippen molar-refractivity contribution in [3.05, 3.63) is 30.7 Å². The summed E-state index contributed by atoms with van der Waals surface area (Å²) in [6, 6.07) is 4.78. The summed E-state index contributed by atoms with van der Waals surface area (Å²) in [7, 11) is -3.56. The van der Waals surface area contributed by atoms with E-state index in [0.29, 0.717) is 24.1 Å². The van der Waals surface area contributed by atoms with Crippen molar-refractivity contribution < 1.29 is 13.2 Å². The van der Waals surface area contributed by atoms with Gasteiger partial charge in [0.05, 0.1) is 29.2 Å². The van der Waals surface area contributed by atoms with Crippen LogP contribution < -0.4 is 4.72 Å². The third kappa shape index (κ3) is 2.32. The summed E-state index contributed by atoms with van der Waals surface area (Å²) >= 11 is 0. The van der Waals surface area contributed by atoms with Crippen molar-refractivity contribution in [3.63, 3.8) is 0 Å². The molecular formula is C12H13N3O3S. The van der Waals surface area contributed by atoms with Crippen molar-refractivity contribution >= 4 is 20.9 Å². The zero-order valence-corrected chi connectivity index (χ0v) is 11.1. The SMILES string of the molecule is CC1(NS(=O)(=O)c2ccc3ncncc3c2)COC1. The van der Waals surface area contributed by atoms with Gasteiger partial charge in [-0.05, 0) is 25.1 Å². The fraction of sp³-hybridized carbons (Fsp3) is 0.333. The Morgan fingerprint density at radius 1 is 1.37 bits per heavy atom. The van der Waals surface area contributed by atoms with Crippen LogP contribution in [0.1, 0.15) is 6.92 Å². The molecule has 3 rings (SSSR count). The number of benzene rings is 1. The first-order chi connectivity index (χ1) is 8.99. The van der Waals surface area contributed by atoms with Crippen LogP contribution >= 0.6 is 0 Å². The molecule has 0 aliphatic carbocycles. The summed E-state index contributed by atoms with van der Waals surface area (Å²) in [5.41, 5.74) is 0.202. The maximum Gasteiger partial charge on any atom is 0.241 e. The topological polar surface area (TPSA) is 81.2 Å². The van der Waals surface area contributed by atoms with Crippen molar-refractivity contribution in [1.29, 1.82) is 0 Å². The van der Waals surface area contributed by atoms with E-state index in [1.807, 2.05) is 6.92 Å². The van der Waals surface area contributed by atoms with E-state index in [4.69, 9.17) is 4.74 Å². The zero-order chi connectivity index (χ0) is 13.5. The zero-order valence-electron chi connectivity index (χ0n) is 10.3. The van der Waals surface area contributed by atoms with Crippen LogP contribution in [0.25, 0.3) is 10.9 Å². The van der Waals surface area contributed by atoms with Gasteiger partial charge in [-0.25, -0.2) is 23.1 Å². The fourth-order valence-corrected chi connectivity index (χ4v) is 3.39. The summed E-state index contributed by atoms with van der Waals surface area (Å²) in [6.07, 6.45) is 3.02. The second-order valence-electron chi connectivity index (χ2n) is 4.90. The van der Waals surface area contributed by atoms with E-state index in [1.54, 1.807) is 24.4 Å². The average molecular weight is 279 g/mol. The molecule has 6 nitrogen and oxygen atoms in total. The standard InChI is InChI=1S/C12H13N3O3S/c1-12(6-18-7-12)15-19(16,17)10-2-3-11-9(4-10)5-13-8-14-11/h2-5,8,15H,6-7H2,1H3. The van der Waals surface area contributed by atoms with Gasteiger partial charge >= 0.3 is 0 Å². The quantitative estimate of drug-likeness (QED) is 0.894. The molecule has 0 saturated carbocycles. The van der Waals surface area contributed by atoms with Gasteiger partial charge in [-0.3, -0.25) is 0 Å². The molecule has 7 heteroatoms. The van der Waals surface area contributed by atoms with Gasteiger partial charge in [-0.1, -0.05) is 0 Å². The van der Waals surface area contributed by atoms with Gasteiger partial charge in [0.25, 0.3) is 0 Å². The molecule has 1 saturated heterocycles. The minimum absolute atomic E-state index is 0.211. The lowest BCUT2D eigenvalue weighted by Crippen LogP contribution is -2.59. The number of hydrogen-bond donors (Lipinski definition) is 1. The number of rotatable bonds is 3. The third-order valence-corrected chi connectivity index (χ3v) is 4.64. The van der Waals surface area contributed by atoms with E-state index in [9.17, 15) is 8.42 Å². The highest BCUT2D eigenvalue weighted by Crippen LogP contribution is 2.21. The number of hydrogen-bond acceptors (Lipinski definition) is 5. The van der Waals surface area contributed by atoms with E-state index in [0.717, 1.165) is 0 Å². The molecule has 0 amide bonds. The first-order valence-electron chi connectivity index (χ1n) is 5.80. The Morgan fingerprint density at radius 2 is 2.16 bits per heavy atom. The lowest BCUT2D eigenvalue weighted by atomic mass is 10.0. The van der Waals surface area contributed by atoms with E-state index < -0.39 is 15.6 Å². The molecule has 1 fully saturated rings. The summed E-state index contributed by atoms with van der Waals surface area (Å²) < 4.78 is 32.3. The highest BCUT2D eigenvalue weighted by Gasteiger charge is 2.37.